The Labute approximate surface area is 129 Å². The van der Waals surface area contributed by atoms with Crippen molar-refractivity contribution < 1.29 is 9.59 Å². The van der Waals surface area contributed by atoms with Crippen molar-refractivity contribution in [3.63, 3.8) is 0 Å². The smallest absolute Gasteiger partial charge is 0.255 e. The van der Waals surface area contributed by atoms with Crippen molar-refractivity contribution >= 4 is 23.4 Å². The summed E-state index contributed by atoms with van der Waals surface area (Å²) in [6, 6.07) is 7.10. The first-order valence-electron chi connectivity index (χ1n) is 7.49. The maximum absolute atomic E-state index is 12.4. The van der Waals surface area contributed by atoms with E-state index >= 15 is 0 Å². The first-order chi connectivity index (χ1) is 10.2. The van der Waals surface area contributed by atoms with Gasteiger partial charge in [-0.15, -0.1) is 0 Å². The second-order valence-corrected chi connectivity index (χ2v) is 6.13. The second-order valence-electron chi connectivity index (χ2n) is 5.73. The Morgan fingerprint density at radius 3 is 2.19 bits per heavy atom. The highest BCUT2D eigenvalue weighted by Gasteiger charge is 2.32. The third kappa shape index (κ3) is 2.91. The van der Waals surface area contributed by atoms with Gasteiger partial charge in [-0.05, 0) is 25.0 Å². The maximum Gasteiger partial charge on any atom is 0.255 e. The van der Waals surface area contributed by atoms with Gasteiger partial charge < -0.3 is 9.80 Å². The van der Waals surface area contributed by atoms with Crippen molar-refractivity contribution in [3.05, 3.63) is 34.9 Å². The van der Waals surface area contributed by atoms with E-state index in [9.17, 15) is 9.59 Å². The van der Waals surface area contributed by atoms with E-state index in [4.69, 9.17) is 11.6 Å². The SMILES string of the molecule is O=C(c1ccccc1Cl)N1CCN(C(=O)C2CCC2)CC1. The maximum atomic E-state index is 12.4. The first kappa shape index (κ1) is 14.4. The highest BCUT2D eigenvalue weighted by atomic mass is 35.5. The lowest BCUT2D eigenvalue weighted by Crippen LogP contribution is -2.52. The number of amides is 2. The first-order valence-corrected chi connectivity index (χ1v) is 7.87. The van der Waals surface area contributed by atoms with E-state index in [0.717, 1.165) is 12.8 Å². The minimum atomic E-state index is -0.0451. The fourth-order valence-corrected chi connectivity index (χ4v) is 3.06. The third-order valence-electron chi connectivity index (χ3n) is 4.44. The van der Waals surface area contributed by atoms with Gasteiger partial charge in [-0.25, -0.2) is 0 Å². The van der Waals surface area contributed by atoms with Crippen LogP contribution in [0.2, 0.25) is 5.02 Å². The van der Waals surface area contributed by atoms with Crippen molar-refractivity contribution in [2.45, 2.75) is 19.3 Å². The average molecular weight is 307 g/mol. The molecular formula is C16H19ClN2O2. The van der Waals surface area contributed by atoms with Crippen LogP contribution in [-0.2, 0) is 4.79 Å². The van der Waals surface area contributed by atoms with E-state index in [-0.39, 0.29) is 17.7 Å². The molecule has 0 N–H and O–H groups in total. The van der Waals surface area contributed by atoms with Gasteiger partial charge in [-0.1, -0.05) is 30.2 Å². The molecule has 0 spiro atoms. The lowest BCUT2D eigenvalue weighted by atomic mass is 9.84. The molecule has 5 heteroatoms. The van der Waals surface area contributed by atoms with Gasteiger partial charge in [0.2, 0.25) is 5.91 Å². The van der Waals surface area contributed by atoms with Crippen LogP contribution in [0.1, 0.15) is 29.6 Å². The zero-order chi connectivity index (χ0) is 14.8. The Balaban J connectivity index is 1.59. The molecule has 4 nitrogen and oxygen atoms in total. The van der Waals surface area contributed by atoms with Gasteiger partial charge in [0.05, 0.1) is 10.6 Å². The minimum Gasteiger partial charge on any atom is -0.339 e. The molecule has 21 heavy (non-hydrogen) atoms. The van der Waals surface area contributed by atoms with Crippen LogP contribution in [0.4, 0.5) is 0 Å². The predicted molar refractivity (Wildman–Crippen MR) is 81.3 cm³/mol. The second kappa shape index (κ2) is 6.06. The van der Waals surface area contributed by atoms with Crippen LogP contribution >= 0.6 is 11.6 Å². The molecule has 2 aliphatic rings. The van der Waals surface area contributed by atoms with E-state index in [1.54, 1.807) is 17.0 Å². The molecule has 1 aliphatic heterocycles. The highest BCUT2D eigenvalue weighted by molar-refractivity contribution is 6.33. The number of rotatable bonds is 2. The Hall–Kier alpha value is -1.55. The molecule has 1 heterocycles. The van der Waals surface area contributed by atoms with Crippen LogP contribution in [0, 0.1) is 5.92 Å². The Morgan fingerprint density at radius 1 is 1.00 bits per heavy atom. The van der Waals surface area contributed by atoms with Gasteiger partial charge >= 0.3 is 0 Å². The summed E-state index contributed by atoms with van der Waals surface area (Å²) in [5.41, 5.74) is 0.540. The summed E-state index contributed by atoms with van der Waals surface area (Å²) in [5.74, 6) is 0.457. The molecule has 1 saturated heterocycles. The van der Waals surface area contributed by atoms with Crippen LogP contribution < -0.4 is 0 Å². The zero-order valence-corrected chi connectivity index (χ0v) is 12.7. The quantitative estimate of drug-likeness (QED) is 0.842. The van der Waals surface area contributed by atoms with Gasteiger partial charge in [0.1, 0.15) is 0 Å². The largest absolute Gasteiger partial charge is 0.339 e. The Bertz CT molecular complexity index is 549. The predicted octanol–water partition coefficient (Wildman–Crippen LogP) is 2.42. The topological polar surface area (TPSA) is 40.6 Å². The lowest BCUT2D eigenvalue weighted by Gasteiger charge is -2.38. The lowest BCUT2D eigenvalue weighted by molar-refractivity contribution is -0.139. The summed E-state index contributed by atoms with van der Waals surface area (Å²) in [6.45, 7) is 2.43. The summed E-state index contributed by atoms with van der Waals surface area (Å²) in [6.07, 6.45) is 3.22. The number of hydrogen-bond donors (Lipinski definition) is 0. The number of benzene rings is 1. The van der Waals surface area contributed by atoms with Gasteiger partial charge in [0, 0.05) is 32.1 Å². The normalized spacial score (nSPS) is 19.3. The molecule has 0 unspecified atom stereocenters. The molecule has 1 aromatic carbocycles. The molecule has 0 atom stereocenters. The number of piperazine rings is 1. The summed E-state index contributed by atoms with van der Waals surface area (Å²) in [7, 11) is 0. The van der Waals surface area contributed by atoms with E-state index in [1.807, 2.05) is 17.0 Å². The van der Waals surface area contributed by atoms with Crippen LogP contribution in [-0.4, -0.2) is 47.8 Å². The third-order valence-corrected chi connectivity index (χ3v) is 4.77. The van der Waals surface area contributed by atoms with Gasteiger partial charge in [0.25, 0.3) is 5.91 Å². The highest BCUT2D eigenvalue weighted by Crippen LogP contribution is 2.28. The summed E-state index contributed by atoms with van der Waals surface area (Å²) in [5, 5.41) is 0.482. The van der Waals surface area contributed by atoms with Crippen molar-refractivity contribution in [2.75, 3.05) is 26.2 Å². The van der Waals surface area contributed by atoms with Gasteiger partial charge in [-0.3, -0.25) is 9.59 Å². The van der Waals surface area contributed by atoms with E-state index in [2.05, 4.69) is 0 Å². The molecule has 0 radical (unpaired) electrons. The molecule has 0 bridgehead atoms. The molecule has 3 rings (SSSR count). The zero-order valence-electron chi connectivity index (χ0n) is 11.9. The van der Waals surface area contributed by atoms with Crippen molar-refractivity contribution in [1.82, 2.24) is 9.80 Å². The molecule has 2 fully saturated rings. The fourth-order valence-electron chi connectivity index (χ4n) is 2.85. The van der Waals surface area contributed by atoms with Crippen molar-refractivity contribution in [2.24, 2.45) is 5.92 Å². The molecule has 1 saturated carbocycles. The molecule has 1 aromatic rings. The average Bonchev–Trinajstić information content (AvgIpc) is 2.45. The van der Waals surface area contributed by atoms with Crippen LogP contribution in [0.3, 0.4) is 0 Å². The molecular weight excluding hydrogens is 288 g/mol. The van der Waals surface area contributed by atoms with Crippen molar-refractivity contribution in [3.8, 4) is 0 Å². The minimum absolute atomic E-state index is 0.0451. The molecule has 0 aromatic heterocycles. The molecule has 1 aliphatic carbocycles. The number of carbonyl (C=O) groups is 2. The summed E-state index contributed by atoms with van der Waals surface area (Å²) < 4.78 is 0. The monoisotopic (exact) mass is 306 g/mol. The van der Waals surface area contributed by atoms with E-state index in [1.165, 1.54) is 6.42 Å². The Kier molecular flexibility index (Phi) is 4.15. The van der Waals surface area contributed by atoms with Gasteiger partial charge in [-0.2, -0.15) is 0 Å². The molecule has 112 valence electrons. The van der Waals surface area contributed by atoms with Crippen LogP contribution in [0.5, 0.6) is 0 Å². The Morgan fingerprint density at radius 2 is 1.62 bits per heavy atom. The van der Waals surface area contributed by atoms with Crippen LogP contribution in [0.15, 0.2) is 24.3 Å². The van der Waals surface area contributed by atoms with Crippen molar-refractivity contribution in [1.29, 1.82) is 0 Å². The number of halogens is 1. The summed E-state index contributed by atoms with van der Waals surface area (Å²) >= 11 is 6.07. The number of hydrogen-bond acceptors (Lipinski definition) is 2. The fraction of sp³-hybridized carbons (Fsp3) is 0.500. The number of nitrogens with zero attached hydrogens (tertiary/aromatic N) is 2. The van der Waals surface area contributed by atoms with E-state index < -0.39 is 0 Å². The summed E-state index contributed by atoms with van der Waals surface area (Å²) in [4.78, 5) is 28.3. The molecule has 2 amide bonds. The van der Waals surface area contributed by atoms with E-state index in [0.29, 0.717) is 36.8 Å². The standard InChI is InChI=1S/C16H19ClN2O2/c17-14-7-2-1-6-13(14)16(21)19-10-8-18(9-11-19)15(20)12-4-3-5-12/h1-2,6-7,12H,3-5,8-11H2. The van der Waals surface area contributed by atoms with Crippen LogP contribution in [0.25, 0.3) is 0 Å². The number of carbonyl (C=O) groups excluding carboxylic acids is 2. The van der Waals surface area contributed by atoms with Gasteiger partial charge in [0.15, 0.2) is 0 Å².